The SMILES string of the molecule is COC(=O)C1=Cc2c([nH]c3cccnc23)[SH]1C(c1ccccc1)C1CCOCC1. The molecule has 1 saturated heterocycles. The summed E-state index contributed by atoms with van der Waals surface area (Å²) in [6, 6.07) is 14.6. The third kappa shape index (κ3) is 3.16. The van der Waals surface area contributed by atoms with E-state index in [0.717, 1.165) is 52.6 Å². The molecule has 2 aliphatic rings. The summed E-state index contributed by atoms with van der Waals surface area (Å²) in [6.07, 6.45) is 5.81. The van der Waals surface area contributed by atoms with Crippen molar-refractivity contribution < 1.29 is 14.3 Å². The number of benzene rings is 1. The van der Waals surface area contributed by atoms with E-state index in [1.807, 2.05) is 24.3 Å². The van der Waals surface area contributed by atoms with Crippen LogP contribution >= 0.6 is 10.9 Å². The minimum absolute atomic E-state index is 0.231. The Morgan fingerprint density at radius 3 is 2.76 bits per heavy atom. The van der Waals surface area contributed by atoms with Crippen LogP contribution in [-0.4, -0.2) is 36.3 Å². The summed E-state index contributed by atoms with van der Waals surface area (Å²) in [5.74, 6) is 0.216. The van der Waals surface area contributed by atoms with E-state index in [4.69, 9.17) is 9.47 Å². The van der Waals surface area contributed by atoms with Crippen molar-refractivity contribution in [3.63, 3.8) is 0 Å². The second-order valence-corrected chi connectivity index (χ2v) is 9.71. The summed E-state index contributed by atoms with van der Waals surface area (Å²) in [5.41, 5.74) is 4.26. The van der Waals surface area contributed by atoms with Crippen LogP contribution in [0.25, 0.3) is 17.1 Å². The number of nitrogens with zero attached hydrogens (tertiary/aromatic N) is 1. The molecule has 1 fully saturated rings. The number of hydrogen-bond acceptors (Lipinski definition) is 4. The van der Waals surface area contributed by atoms with Gasteiger partial charge in [0.1, 0.15) is 0 Å². The first-order valence-electron chi connectivity index (χ1n) is 9.96. The third-order valence-corrected chi connectivity index (χ3v) is 8.82. The summed E-state index contributed by atoms with van der Waals surface area (Å²) < 4.78 is 10.8. The van der Waals surface area contributed by atoms with Crippen LogP contribution in [-0.2, 0) is 14.3 Å². The highest BCUT2D eigenvalue weighted by atomic mass is 32.2. The van der Waals surface area contributed by atoms with Crippen molar-refractivity contribution in [1.29, 1.82) is 0 Å². The Morgan fingerprint density at radius 1 is 1.21 bits per heavy atom. The molecule has 6 heteroatoms. The molecule has 2 aliphatic heterocycles. The fourth-order valence-electron chi connectivity index (χ4n) is 4.55. The molecule has 0 radical (unpaired) electrons. The lowest BCUT2D eigenvalue weighted by Crippen LogP contribution is -2.23. The van der Waals surface area contributed by atoms with Crippen molar-refractivity contribution in [1.82, 2.24) is 9.97 Å². The van der Waals surface area contributed by atoms with E-state index in [1.54, 1.807) is 6.20 Å². The summed E-state index contributed by atoms with van der Waals surface area (Å²) in [6.45, 7) is 1.55. The van der Waals surface area contributed by atoms with Crippen LogP contribution in [0.15, 0.2) is 58.6 Å². The van der Waals surface area contributed by atoms with Gasteiger partial charge in [-0.1, -0.05) is 30.3 Å². The molecule has 3 aromatic rings. The maximum atomic E-state index is 12.8. The van der Waals surface area contributed by atoms with Crippen LogP contribution in [0.4, 0.5) is 0 Å². The van der Waals surface area contributed by atoms with Gasteiger partial charge < -0.3 is 14.5 Å². The first-order chi connectivity index (χ1) is 14.3. The zero-order valence-electron chi connectivity index (χ0n) is 16.3. The van der Waals surface area contributed by atoms with E-state index in [9.17, 15) is 4.79 Å². The van der Waals surface area contributed by atoms with E-state index in [1.165, 1.54) is 12.7 Å². The number of nitrogens with one attached hydrogen (secondary N) is 1. The number of carbonyl (C=O) groups is 1. The third-order valence-electron chi connectivity index (χ3n) is 5.88. The van der Waals surface area contributed by atoms with Gasteiger partial charge >= 0.3 is 5.97 Å². The molecule has 2 aromatic heterocycles. The van der Waals surface area contributed by atoms with Crippen molar-refractivity contribution in [2.45, 2.75) is 23.1 Å². The van der Waals surface area contributed by atoms with Crippen molar-refractivity contribution in [2.24, 2.45) is 5.92 Å². The maximum absolute atomic E-state index is 12.8. The van der Waals surface area contributed by atoms with Gasteiger partial charge in [0.2, 0.25) is 0 Å². The van der Waals surface area contributed by atoms with E-state index >= 15 is 0 Å². The highest BCUT2D eigenvalue weighted by Gasteiger charge is 2.40. The lowest BCUT2D eigenvalue weighted by Gasteiger charge is -2.37. The van der Waals surface area contributed by atoms with Gasteiger partial charge in [0, 0.05) is 30.2 Å². The number of aromatic nitrogens is 2. The summed E-state index contributed by atoms with van der Waals surface area (Å²) in [7, 11) is 0.520. The van der Waals surface area contributed by atoms with Crippen LogP contribution in [0, 0.1) is 5.92 Å². The molecule has 0 spiro atoms. The van der Waals surface area contributed by atoms with Crippen molar-refractivity contribution in [3.05, 3.63) is 64.7 Å². The van der Waals surface area contributed by atoms with Gasteiger partial charge in [-0.15, -0.1) is 0 Å². The fraction of sp³-hybridized carbons (Fsp3) is 0.304. The zero-order valence-corrected chi connectivity index (χ0v) is 17.2. The van der Waals surface area contributed by atoms with E-state index in [2.05, 4.69) is 34.2 Å². The quantitative estimate of drug-likeness (QED) is 0.488. The standard InChI is InChI=1S/C23H24N2O3S/c1-27-23(26)19-14-17-20-18(8-5-11-24-20)25-22(17)29(19)21(15-6-3-2-4-7-15)16-9-12-28-13-10-16/h2-8,11,14,16,21,25,29H,9-10,12-13H2,1H3. The molecular formula is C23H24N2O3S. The molecule has 5 rings (SSSR count). The van der Waals surface area contributed by atoms with Crippen molar-refractivity contribution in [3.8, 4) is 0 Å². The normalized spacial score (nSPS) is 21.6. The Labute approximate surface area is 172 Å². The van der Waals surface area contributed by atoms with Gasteiger partial charge in [0.15, 0.2) is 0 Å². The van der Waals surface area contributed by atoms with Gasteiger partial charge in [-0.05, 0) is 42.5 Å². The van der Waals surface area contributed by atoms with Crippen LogP contribution in [0.2, 0.25) is 0 Å². The molecule has 4 heterocycles. The second kappa shape index (κ2) is 7.69. The first-order valence-corrected chi connectivity index (χ1v) is 11.4. The minimum Gasteiger partial charge on any atom is -0.465 e. The number of hydrogen-bond donors (Lipinski definition) is 2. The number of rotatable bonds is 4. The number of methoxy groups -OCH3 is 1. The van der Waals surface area contributed by atoms with Gasteiger partial charge in [0.25, 0.3) is 0 Å². The Hall–Kier alpha value is -2.57. The predicted octanol–water partition coefficient (Wildman–Crippen LogP) is 4.62. The topological polar surface area (TPSA) is 64.2 Å². The molecule has 1 aromatic carbocycles. The molecule has 5 nitrogen and oxygen atoms in total. The number of pyridine rings is 1. The monoisotopic (exact) mass is 408 g/mol. The lowest BCUT2D eigenvalue weighted by molar-refractivity contribution is -0.135. The van der Waals surface area contributed by atoms with Crippen LogP contribution in [0.1, 0.15) is 29.2 Å². The number of esters is 1. The molecule has 1 N–H and O–H groups in total. The van der Waals surface area contributed by atoms with Gasteiger partial charge in [-0.25, -0.2) is 4.79 Å². The zero-order chi connectivity index (χ0) is 19.8. The predicted molar refractivity (Wildman–Crippen MR) is 116 cm³/mol. The second-order valence-electron chi connectivity index (χ2n) is 7.48. The molecule has 0 amide bonds. The minimum atomic E-state index is -0.944. The summed E-state index contributed by atoms with van der Waals surface area (Å²) in [5, 5.41) is 1.37. The largest absolute Gasteiger partial charge is 0.465 e. The van der Waals surface area contributed by atoms with E-state index in [-0.39, 0.29) is 11.2 Å². The molecule has 0 bridgehead atoms. The average Bonchev–Trinajstić information content (AvgIpc) is 3.32. The average molecular weight is 409 g/mol. The lowest BCUT2D eigenvalue weighted by atomic mass is 9.92. The Balaban J connectivity index is 1.69. The molecule has 2 unspecified atom stereocenters. The number of thiol groups is 1. The van der Waals surface area contributed by atoms with Crippen LogP contribution < -0.4 is 0 Å². The Morgan fingerprint density at radius 2 is 2.00 bits per heavy atom. The number of ether oxygens (including phenoxy) is 2. The molecule has 29 heavy (non-hydrogen) atoms. The van der Waals surface area contributed by atoms with Crippen LogP contribution in [0.5, 0.6) is 0 Å². The maximum Gasteiger partial charge on any atom is 0.342 e. The number of aromatic amines is 1. The number of carbonyl (C=O) groups excluding carboxylic acids is 1. The number of fused-ring (bicyclic) bond motifs is 3. The molecule has 0 aliphatic carbocycles. The highest BCUT2D eigenvalue weighted by Crippen LogP contribution is 2.64. The van der Waals surface area contributed by atoms with Crippen molar-refractivity contribution >= 4 is 34.0 Å². The molecule has 150 valence electrons. The number of H-pyrrole nitrogens is 1. The van der Waals surface area contributed by atoms with Gasteiger partial charge in [0.05, 0.1) is 28.1 Å². The molecule has 0 saturated carbocycles. The van der Waals surface area contributed by atoms with E-state index < -0.39 is 10.9 Å². The Kier molecular flexibility index (Phi) is 4.89. The van der Waals surface area contributed by atoms with Gasteiger partial charge in [-0.3, -0.25) is 4.98 Å². The highest BCUT2D eigenvalue weighted by molar-refractivity contribution is 8.21. The Bertz CT molecular complexity index is 1070. The molecule has 2 atom stereocenters. The van der Waals surface area contributed by atoms with E-state index in [0.29, 0.717) is 5.92 Å². The van der Waals surface area contributed by atoms with Crippen LogP contribution in [0.3, 0.4) is 0 Å². The molecular weight excluding hydrogens is 384 g/mol. The summed E-state index contributed by atoms with van der Waals surface area (Å²) in [4.78, 5) is 21.8. The first kappa shape index (κ1) is 18.5. The smallest absolute Gasteiger partial charge is 0.342 e. The van der Waals surface area contributed by atoms with Crippen molar-refractivity contribution in [2.75, 3.05) is 20.3 Å². The fourth-order valence-corrected chi connectivity index (χ4v) is 7.78. The van der Waals surface area contributed by atoms with Gasteiger partial charge in [-0.2, -0.15) is 10.9 Å². The summed E-state index contributed by atoms with van der Waals surface area (Å²) >= 11 is 0.